The van der Waals surface area contributed by atoms with Crippen LogP contribution in [0.4, 0.5) is 5.13 Å². The second-order valence-corrected chi connectivity index (χ2v) is 9.58. The number of halogens is 1. The van der Waals surface area contributed by atoms with E-state index in [2.05, 4.69) is 31.3 Å². The minimum absolute atomic E-state index is 0.115. The van der Waals surface area contributed by atoms with Crippen molar-refractivity contribution in [2.75, 3.05) is 11.9 Å². The third-order valence-corrected chi connectivity index (χ3v) is 5.82. The summed E-state index contributed by atoms with van der Waals surface area (Å²) in [6, 6.07) is 9.17. The number of carbonyl (C=O) groups excluding carboxylic acids is 2. The van der Waals surface area contributed by atoms with Gasteiger partial charge in [-0.15, -0.1) is 0 Å². The van der Waals surface area contributed by atoms with Crippen molar-refractivity contribution in [3.05, 3.63) is 46.2 Å². The highest BCUT2D eigenvalue weighted by atomic mass is 79.9. The van der Waals surface area contributed by atoms with Gasteiger partial charge in [0.2, 0.25) is 5.91 Å². The molecule has 0 aliphatic heterocycles. The van der Waals surface area contributed by atoms with Crippen LogP contribution in [0.25, 0.3) is 16.3 Å². The van der Waals surface area contributed by atoms with Gasteiger partial charge < -0.3 is 10.1 Å². The SMILES string of the molecule is CCOC(=O)c1cc(-c2sc(NC(=O)C(C)(C)C)nc2C)nn1-c1ccc(Br)cc1. The summed E-state index contributed by atoms with van der Waals surface area (Å²) in [4.78, 5) is 30.1. The molecule has 1 amide bonds. The topological polar surface area (TPSA) is 86.1 Å². The molecule has 2 heterocycles. The first-order chi connectivity index (χ1) is 14.1. The first kappa shape index (κ1) is 22.2. The van der Waals surface area contributed by atoms with Gasteiger partial charge in [0, 0.05) is 16.0 Å². The summed E-state index contributed by atoms with van der Waals surface area (Å²) in [7, 11) is 0. The number of ether oxygens (including phenoxy) is 1. The van der Waals surface area contributed by atoms with E-state index in [-0.39, 0.29) is 12.5 Å². The van der Waals surface area contributed by atoms with E-state index in [0.29, 0.717) is 16.5 Å². The summed E-state index contributed by atoms with van der Waals surface area (Å²) in [5.41, 5.74) is 1.84. The van der Waals surface area contributed by atoms with Crippen molar-refractivity contribution in [2.45, 2.75) is 34.6 Å². The molecule has 0 fully saturated rings. The van der Waals surface area contributed by atoms with Crippen LogP contribution in [0.2, 0.25) is 0 Å². The van der Waals surface area contributed by atoms with Crippen LogP contribution >= 0.6 is 27.3 Å². The van der Waals surface area contributed by atoms with E-state index in [1.54, 1.807) is 17.7 Å². The summed E-state index contributed by atoms with van der Waals surface area (Å²) < 4.78 is 7.70. The number of anilines is 1. The molecule has 3 rings (SSSR count). The van der Waals surface area contributed by atoms with Crippen molar-refractivity contribution >= 4 is 44.3 Å². The Morgan fingerprint density at radius 2 is 1.90 bits per heavy atom. The molecule has 0 saturated heterocycles. The Morgan fingerprint density at radius 1 is 1.23 bits per heavy atom. The number of nitrogens with zero attached hydrogens (tertiary/aromatic N) is 3. The fourth-order valence-electron chi connectivity index (χ4n) is 2.59. The van der Waals surface area contributed by atoms with Crippen molar-refractivity contribution in [2.24, 2.45) is 5.41 Å². The summed E-state index contributed by atoms with van der Waals surface area (Å²) in [6.45, 7) is 9.40. The van der Waals surface area contributed by atoms with Gasteiger partial charge >= 0.3 is 5.97 Å². The Labute approximate surface area is 187 Å². The van der Waals surface area contributed by atoms with Crippen LogP contribution in [0.5, 0.6) is 0 Å². The molecule has 0 aliphatic rings. The molecule has 0 atom stereocenters. The summed E-state index contributed by atoms with van der Waals surface area (Å²) in [5, 5.41) is 7.99. The number of rotatable bonds is 5. The van der Waals surface area contributed by atoms with E-state index < -0.39 is 11.4 Å². The van der Waals surface area contributed by atoms with Gasteiger partial charge in [-0.05, 0) is 38.1 Å². The minimum Gasteiger partial charge on any atom is -0.461 e. The van der Waals surface area contributed by atoms with Gasteiger partial charge in [0.25, 0.3) is 0 Å². The number of nitrogens with one attached hydrogen (secondary N) is 1. The number of carbonyl (C=O) groups is 2. The quantitative estimate of drug-likeness (QED) is 0.494. The average molecular weight is 491 g/mol. The predicted molar refractivity (Wildman–Crippen MR) is 121 cm³/mol. The number of hydrogen-bond donors (Lipinski definition) is 1. The molecular formula is C21H23BrN4O3S. The number of benzene rings is 1. The second kappa shape index (κ2) is 8.69. The summed E-state index contributed by atoms with van der Waals surface area (Å²) in [5.74, 6) is -0.571. The molecule has 158 valence electrons. The molecule has 1 aromatic carbocycles. The highest BCUT2D eigenvalue weighted by Crippen LogP contribution is 2.34. The number of aryl methyl sites for hydroxylation is 1. The first-order valence-corrected chi connectivity index (χ1v) is 11.0. The molecule has 30 heavy (non-hydrogen) atoms. The lowest BCUT2D eigenvalue weighted by molar-refractivity contribution is -0.123. The van der Waals surface area contributed by atoms with Crippen LogP contribution in [0.15, 0.2) is 34.8 Å². The lowest BCUT2D eigenvalue weighted by atomic mass is 9.96. The molecule has 3 aromatic rings. The zero-order chi connectivity index (χ0) is 22.1. The molecule has 0 radical (unpaired) electrons. The Hall–Kier alpha value is -2.52. The van der Waals surface area contributed by atoms with E-state index in [1.165, 1.54) is 11.3 Å². The molecule has 0 aliphatic carbocycles. The van der Waals surface area contributed by atoms with E-state index in [4.69, 9.17) is 4.74 Å². The standard InChI is InChI=1S/C21H23BrN4O3S/c1-6-29-18(27)16-11-15(25-26(16)14-9-7-13(22)8-10-14)17-12(2)23-20(30-17)24-19(28)21(3,4)5/h7-11H,6H2,1-5H3,(H,23,24,28). The van der Waals surface area contributed by atoms with E-state index in [9.17, 15) is 9.59 Å². The van der Waals surface area contributed by atoms with Gasteiger partial charge in [0.05, 0.1) is 22.9 Å². The Kier molecular flexibility index (Phi) is 6.42. The summed E-state index contributed by atoms with van der Waals surface area (Å²) >= 11 is 4.74. The third-order valence-electron chi connectivity index (χ3n) is 4.20. The van der Waals surface area contributed by atoms with Gasteiger partial charge in [-0.2, -0.15) is 5.10 Å². The van der Waals surface area contributed by atoms with E-state index in [0.717, 1.165) is 20.7 Å². The minimum atomic E-state index is -0.528. The normalized spacial score (nSPS) is 11.4. The van der Waals surface area contributed by atoms with Crippen molar-refractivity contribution in [1.82, 2.24) is 14.8 Å². The fraction of sp³-hybridized carbons (Fsp3) is 0.333. The largest absolute Gasteiger partial charge is 0.461 e. The zero-order valence-electron chi connectivity index (χ0n) is 17.4. The molecule has 2 aromatic heterocycles. The van der Waals surface area contributed by atoms with Crippen LogP contribution in [-0.2, 0) is 9.53 Å². The number of thiazole rings is 1. The Morgan fingerprint density at radius 3 is 2.50 bits per heavy atom. The fourth-order valence-corrected chi connectivity index (χ4v) is 3.78. The van der Waals surface area contributed by atoms with Gasteiger partial charge in [-0.1, -0.05) is 48.0 Å². The highest BCUT2D eigenvalue weighted by molar-refractivity contribution is 9.10. The van der Waals surface area contributed by atoms with Crippen LogP contribution in [0.1, 0.15) is 43.9 Å². The monoisotopic (exact) mass is 490 g/mol. The smallest absolute Gasteiger partial charge is 0.357 e. The van der Waals surface area contributed by atoms with Gasteiger partial charge in [-0.25, -0.2) is 14.5 Å². The van der Waals surface area contributed by atoms with Crippen molar-refractivity contribution < 1.29 is 14.3 Å². The van der Waals surface area contributed by atoms with E-state index in [1.807, 2.05) is 52.0 Å². The first-order valence-electron chi connectivity index (χ1n) is 9.42. The van der Waals surface area contributed by atoms with E-state index >= 15 is 0 Å². The van der Waals surface area contributed by atoms with Crippen molar-refractivity contribution in [3.8, 4) is 16.3 Å². The molecule has 1 N–H and O–H groups in total. The maximum absolute atomic E-state index is 12.5. The molecular weight excluding hydrogens is 468 g/mol. The predicted octanol–water partition coefficient (Wildman–Crippen LogP) is 5.23. The van der Waals surface area contributed by atoms with Gasteiger partial charge in [0.15, 0.2) is 10.8 Å². The Bertz CT molecular complexity index is 1080. The lowest BCUT2D eigenvalue weighted by Gasteiger charge is -2.15. The molecule has 0 spiro atoms. The van der Waals surface area contributed by atoms with Crippen LogP contribution < -0.4 is 5.32 Å². The van der Waals surface area contributed by atoms with Gasteiger partial charge in [0.1, 0.15) is 5.69 Å². The molecule has 0 bridgehead atoms. The van der Waals surface area contributed by atoms with Crippen molar-refractivity contribution in [1.29, 1.82) is 0 Å². The highest BCUT2D eigenvalue weighted by Gasteiger charge is 2.25. The maximum atomic E-state index is 12.5. The van der Waals surface area contributed by atoms with Crippen LogP contribution in [-0.4, -0.2) is 33.2 Å². The maximum Gasteiger partial charge on any atom is 0.357 e. The number of amides is 1. The molecule has 0 unspecified atom stereocenters. The average Bonchev–Trinajstić information content (AvgIpc) is 3.25. The molecule has 0 saturated carbocycles. The third kappa shape index (κ3) is 4.79. The second-order valence-electron chi connectivity index (χ2n) is 7.66. The van der Waals surface area contributed by atoms with Gasteiger partial charge in [-0.3, -0.25) is 4.79 Å². The number of hydrogen-bond acceptors (Lipinski definition) is 6. The number of esters is 1. The lowest BCUT2D eigenvalue weighted by Crippen LogP contribution is -2.27. The summed E-state index contributed by atoms with van der Waals surface area (Å²) in [6.07, 6.45) is 0. The number of aromatic nitrogens is 3. The van der Waals surface area contributed by atoms with Crippen molar-refractivity contribution in [3.63, 3.8) is 0 Å². The zero-order valence-corrected chi connectivity index (χ0v) is 19.8. The van der Waals surface area contributed by atoms with Crippen LogP contribution in [0.3, 0.4) is 0 Å². The Balaban J connectivity index is 2.02. The molecule has 7 nitrogen and oxygen atoms in total. The van der Waals surface area contributed by atoms with Crippen LogP contribution in [0, 0.1) is 12.3 Å². The molecule has 9 heteroatoms.